The minimum atomic E-state index is -0.170. The molecule has 1 aromatic carbocycles. The lowest BCUT2D eigenvalue weighted by Gasteiger charge is -2.09. The van der Waals surface area contributed by atoms with E-state index in [9.17, 15) is 0 Å². The van der Waals surface area contributed by atoms with Crippen LogP contribution >= 0.6 is 0 Å². The molecule has 0 fully saturated rings. The maximum absolute atomic E-state index is 9.11. The zero-order chi connectivity index (χ0) is 13.0. The summed E-state index contributed by atoms with van der Waals surface area (Å²) in [5, 5.41) is 18.0. The van der Waals surface area contributed by atoms with Crippen LogP contribution in [0.25, 0.3) is 0 Å². The number of nitriles is 1. The Bertz CT molecular complexity index is 608. The highest BCUT2D eigenvalue weighted by atomic mass is 16.5. The Morgan fingerprint density at radius 3 is 2.94 bits per heavy atom. The van der Waals surface area contributed by atoms with Crippen LogP contribution in [0.5, 0.6) is 11.6 Å². The lowest BCUT2D eigenvalue weighted by Crippen LogP contribution is -2.09. The zero-order valence-corrected chi connectivity index (χ0v) is 9.50. The topological polar surface area (TPSA) is 66.1 Å². The monoisotopic (exact) mass is 236 g/mol. The number of rotatable bonds is 3. The van der Waals surface area contributed by atoms with Gasteiger partial charge in [-0.15, -0.1) is 0 Å². The number of nitrogens with zero attached hydrogens (tertiary/aromatic N) is 2. The molecule has 1 aromatic heterocycles. The van der Waals surface area contributed by atoms with Gasteiger partial charge in [0.05, 0.1) is 6.61 Å². The maximum Gasteiger partial charge on any atom is 0.237 e. The van der Waals surface area contributed by atoms with Crippen LogP contribution < -0.4 is 10.2 Å². The van der Waals surface area contributed by atoms with Crippen LogP contribution in [-0.4, -0.2) is 17.9 Å². The SMILES string of the molecule is [B]c1ccc(Oc2ncccc2C#N)cc1CO. The van der Waals surface area contributed by atoms with Crippen molar-refractivity contribution in [3.63, 3.8) is 0 Å². The van der Waals surface area contributed by atoms with E-state index in [4.69, 9.17) is 23.0 Å². The average Bonchev–Trinajstić information content (AvgIpc) is 2.41. The van der Waals surface area contributed by atoms with Gasteiger partial charge in [0.2, 0.25) is 5.88 Å². The first-order valence-corrected chi connectivity index (χ1v) is 5.27. The van der Waals surface area contributed by atoms with E-state index in [0.717, 1.165) is 0 Å². The maximum atomic E-state index is 9.11. The third-order valence-electron chi connectivity index (χ3n) is 2.39. The number of benzene rings is 1. The van der Waals surface area contributed by atoms with Gasteiger partial charge in [0.25, 0.3) is 0 Å². The molecule has 0 aliphatic carbocycles. The van der Waals surface area contributed by atoms with Gasteiger partial charge in [0.1, 0.15) is 25.2 Å². The van der Waals surface area contributed by atoms with Crippen LogP contribution in [0.3, 0.4) is 0 Å². The van der Waals surface area contributed by atoms with Crippen LogP contribution in [0.2, 0.25) is 0 Å². The second kappa shape index (κ2) is 5.34. The lowest BCUT2D eigenvalue weighted by atomic mass is 9.91. The van der Waals surface area contributed by atoms with Gasteiger partial charge in [-0.3, -0.25) is 0 Å². The summed E-state index contributed by atoms with van der Waals surface area (Å²) in [5.74, 6) is 0.706. The number of aromatic nitrogens is 1. The first kappa shape index (κ1) is 12.2. The Morgan fingerprint density at radius 2 is 2.22 bits per heavy atom. The van der Waals surface area contributed by atoms with Crippen LogP contribution in [0.15, 0.2) is 36.5 Å². The molecule has 2 aromatic rings. The van der Waals surface area contributed by atoms with E-state index in [-0.39, 0.29) is 12.5 Å². The molecule has 0 amide bonds. The minimum Gasteiger partial charge on any atom is -0.438 e. The number of hydrogen-bond acceptors (Lipinski definition) is 4. The van der Waals surface area contributed by atoms with Crippen LogP contribution in [0, 0.1) is 11.3 Å². The third kappa shape index (κ3) is 2.50. The smallest absolute Gasteiger partial charge is 0.237 e. The summed E-state index contributed by atoms with van der Waals surface area (Å²) in [6, 6.07) is 10.2. The molecule has 0 unspecified atom stereocenters. The van der Waals surface area contributed by atoms with E-state index in [1.54, 1.807) is 36.5 Å². The van der Waals surface area contributed by atoms with Crippen molar-refractivity contribution in [2.75, 3.05) is 0 Å². The van der Waals surface area contributed by atoms with Gasteiger partial charge in [-0.2, -0.15) is 5.26 Å². The van der Waals surface area contributed by atoms with E-state index in [1.807, 2.05) is 6.07 Å². The highest BCUT2D eigenvalue weighted by Gasteiger charge is 2.06. The predicted octanol–water partition coefficient (Wildman–Crippen LogP) is 1.03. The Kier molecular flexibility index (Phi) is 3.61. The molecule has 1 N–H and O–H groups in total. The standard InChI is InChI=1S/C13H9BN2O2/c14-12-4-3-11(6-10(12)8-17)18-13-9(7-15)2-1-5-16-13/h1-6,17H,8H2. The van der Waals surface area contributed by atoms with E-state index in [1.165, 1.54) is 0 Å². The van der Waals surface area contributed by atoms with E-state index in [0.29, 0.717) is 22.3 Å². The molecular formula is C13H9BN2O2. The molecular weight excluding hydrogens is 227 g/mol. The molecule has 1 heterocycles. The fourth-order valence-corrected chi connectivity index (χ4v) is 1.45. The molecule has 0 spiro atoms. The molecule has 0 saturated heterocycles. The predicted molar refractivity (Wildman–Crippen MR) is 66.8 cm³/mol. The first-order valence-electron chi connectivity index (χ1n) is 5.27. The summed E-state index contributed by atoms with van der Waals surface area (Å²) in [5.41, 5.74) is 1.41. The van der Waals surface area contributed by atoms with E-state index < -0.39 is 0 Å². The molecule has 2 rings (SSSR count). The van der Waals surface area contributed by atoms with Gasteiger partial charge >= 0.3 is 0 Å². The summed E-state index contributed by atoms with van der Waals surface area (Å²) in [6.07, 6.45) is 1.54. The third-order valence-corrected chi connectivity index (χ3v) is 2.39. The summed E-state index contributed by atoms with van der Waals surface area (Å²) < 4.78 is 5.50. The van der Waals surface area contributed by atoms with Crippen LogP contribution in [0.4, 0.5) is 0 Å². The zero-order valence-electron chi connectivity index (χ0n) is 9.50. The second-order valence-electron chi connectivity index (χ2n) is 3.59. The van der Waals surface area contributed by atoms with Crippen molar-refractivity contribution in [1.82, 2.24) is 4.98 Å². The van der Waals surface area contributed by atoms with Gasteiger partial charge in [-0.25, -0.2) is 4.98 Å². The van der Waals surface area contributed by atoms with Gasteiger partial charge in [0.15, 0.2) is 0 Å². The Labute approximate surface area is 106 Å². The van der Waals surface area contributed by atoms with Crippen molar-refractivity contribution >= 4 is 13.3 Å². The summed E-state index contributed by atoms with van der Waals surface area (Å²) in [7, 11) is 5.67. The Hall–Kier alpha value is -2.32. The fourth-order valence-electron chi connectivity index (χ4n) is 1.45. The molecule has 0 bridgehead atoms. The van der Waals surface area contributed by atoms with Crippen LogP contribution in [-0.2, 0) is 6.61 Å². The summed E-state index contributed by atoms with van der Waals surface area (Å²) in [6.45, 7) is -0.170. The van der Waals surface area contributed by atoms with Crippen molar-refractivity contribution in [3.05, 3.63) is 47.7 Å². The fraction of sp³-hybridized carbons (Fsp3) is 0.0769. The molecule has 18 heavy (non-hydrogen) atoms. The van der Waals surface area contributed by atoms with E-state index >= 15 is 0 Å². The lowest BCUT2D eigenvalue weighted by molar-refractivity contribution is 0.282. The molecule has 0 aliphatic rings. The molecule has 86 valence electrons. The molecule has 0 aliphatic heterocycles. The number of aliphatic hydroxyl groups excluding tert-OH is 1. The molecule has 0 saturated carbocycles. The van der Waals surface area contributed by atoms with E-state index in [2.05, 4.69) is 4.98 Å². The number of pyridine rings is 1. The second-order valence-corrected chi connectivity index (χ2v) is 3.59. The van der Waals surface area contributed by atoms with Gasteiger partial charge in [0, 0.05) is 6.20 Å². The van der Waals surface area contributed by atoms with Crippen molar-refractivity contribution in [3.8, 4) is 17.7 Å². The largest absolute Gasteiger partial charge is 0.438 e. The summed E-state index contributed by atoms with van der Waals surface area (Å²) >= 11 is 0. The van der Waals surface area contributed by atoms with Crippen molar-refractivity contribution < 1.29 is 9.84 Å². The Balaban J connectivity index is 2.32. The van der Waals surface area contributed by atoms with Crippen LogP contribution in [0.1, 0.15) is 11.1 Å². The van der Waals surface area contributed by atoms with Gasteiger partial charge in [-0.05, 0) is 29.8 Å². The number of hydrogen-bond donors (Lipinski definition) is 1. The van der Waals surface area contributed by atoms with Gasteiger partial charge in [-0.1, -0.05) is 11.5 Å². The number of aliphatic hydroxyl groups is 1. The molecule has 5 heteroatoms. The Morgan fingerprint density at radius 1 is 1.39 bits per heavy atom. The van der Waals surface area contributed by atoms with Gasteiger partial charge < -0.3 is 9.84 Å². The van der Waals surface area contributed by atoms with Crippen molar-refractivity contribution in [2.45, 2.75) is 6.61 Å². The highest BCUT2D eigenvalue weighted by Crippen LogP contribution is 2.22. The van der Waals surface area contributed by atoms with Crippen molar-refractivity contribution in [2.24, 2.45) is 0 Å². The summed E-state index contributed by atoms with van der Waals surface area (Å²) in [4.78, 5) is 3.98. The quantitative estimate of drug-likeness (QED) is 0.808. The number of ether oxygens (including phenoxy) is 1. The molecule has 4 nitrogen and oxygen atoms in total. The average molecular weight is 236 g/mol. The first-order chi connectivity index (χ1) is 8.74. The normalized spacial score (nSPS) is 9.78. The van der Waals surface area contributed by atoms with Crippen molar-refractivity contribution in [1.29, 1.82) is 5.26 Å². The molecule has 0 atom stereocenters. The molecule has 2 radical (unpaired) electrons. The highest BCUT2D eigenvalue weighted by molar-refractivity contribution is 6.33. The minimum absolute atomic E-state index is 0.170.